The molecule has 1 aromatic heterocycles. The number of nitrogens with zero attached hydrogens (tertiary/aromatic N) is 4. The van der Waals surface area contributed by atoms with E-state index >= 15 is 0 Å². The zero-order valence-electron chi connectivity index (χ0n) is 17.3. The van der Waals surface area contributed by atoms with Gasteiger partial charge in [0.2, 0.25) is 0 Å². The lowest BCUT2D eigenvalue weighted by Gasteiger charge is -2.34. The Bertz CT molecular complexity index is 988. The second-order valence-electron chi connectivity index (χ2n) is 8.92. The monoisotopic (exact) mass is 368 g/mol. The second kappa shape index (κ2) is 7.16. The molecule has 2 aromatic carbocycles. The summed E-state index contributed by atoms with van der Waals surface area (Å²) in [6.45, 7) is 11.9. The Balaban J connectivity index is 1.99. The molecule has 1 aliphatic rings. The summed E-state index contributed by atoms with van der Waals surface area (Å²) in [5, 5.41) is 9.17. The van der Waals surface area contributed by atoms with Gasteiger partial charge in [0, 0.05) is 23.4 Å². The summed E-state index contributed by atoms with van der Waals surface area (Å²) >= 11 is 0. The average Bonchev–Trinajstić information content (AvgIpc) is 3.01. The number of para-hydroxylation sites is 1. The summed E-state index contributed by atoms with van der Waals surface area (Å²) in [7, 11) is 4.46. The number of benzene rings is 2. The van der Waals surface area contributed by atoms with E-state index in [1.165, 1.54) is 11.3 Å². The highest BCUT2D eigenvalue weighted by Gasteiger charge is 2.29. The van der Waals surface area contributed by atoms with Gasteiger partial charge in [0.25, 0.3) is 14.8 Å². The van der Waals surface area contributed by atoms with Crippen LogP contribution in [0.3, 0.4) is 0 Å². The Kier molecular flexibility index (Phi) is 4.82. The van der Waals surface area contributed by atoms with E-state index in [4.69, 9.17) is 0 Å². The summed E-state index contributed by atoms with van der Waals surface area (Å²) in [5.74, 6) is 0.371. The predicted molar refractivity (Wildman–Crippen MR) is 119 cm³/mol. The van der Waals surface area contributed by atoms with Gasteiger partial charge in [-0.1, -0.05) is 82.3 Å². The third-order valence-electron chi connectivity index (χ3n) is 4.76. The predicted octanol–water partition coefficient (Wildman–Crippen LogP) is 5.07. The Morgan fingerprint density at radius 3 is 2.36 bits per heavy atom. The quantitative estimate of drug-likeness (QED) is 0.606. The second-order valence-corrected chi connectivity index (χ2v) is 8.92. The Morgan fingerprint density at radius 2 is 1.64 bits per heavy atom. The topological polar surface area (TPSA) is 34.0 Å². The van der Waals surface area contributed by atoms with Crippen LogP contribution in [-0.4, -0.2) is 29.7 Å². The lowest BCUT2D eigenvalue weighted by molar-refractivity contribution is 0.741. The van der Waals surface area contributed by atoms with Crippen molar-refractivity contribution < 1.29 is 0 Å². The van der Waals surface area contributed by atoms with Crippen molar-refractivity contribution in [2.75, 3.05) is 4.81 Å². The van der Waals surface area contributed by atoms with Gasteiger partial charge in [-0.05, 0) is 22.8 Å². The first kappa shape index (κ1) is 18.9. The first-order valence-corrected chi connectivity index (χ1v) is 9.94. The lowest BCUT2D eigenvalue weighted by atomic mass is 9.62. The molecule has 140 valence electrons. The van der Waals surface area contributed by atoms with Gasteiger partial charge >= 0.3 is 0 Å². The van der Waals surface area contributed by atoms with Crippen molar-refractivity contribution in [1.29, 1.82) is 0 Å². The molecule has 3 aromatic rings. The van der Waals surface area contributed by atoms with Gasteiger partial charge in [0.15, 0.2) is 0 Å². The molecular weight excluding hydrogens is 342 g/mol. The minimum Gasteiger partial charge on any atom is -0.414 e. The standard InChI is InChI=1S/C22H26B2N4/c1-15(2)23-28-21-18-12-8-9-13-19(18)27(24-22(3,4)5)14-16-10-6-7-11-17(16)20(21)25-26-28/h6-13,15H,14H2,1-5H3. The molecule has 0 N–H and O–H groups in total. The number of hydrogen-bond donors (Lipinski definition) is 0. The van der Waals surface area contributed by atoms with E-state index in [2.05, 4.69) is 113 Å². The highest BCUT2D eigenvalue weighted by molar-refractivity contribution is 6.45. The lowest BCUT2D eigenvalue weighted by Crippen LogP contribution is -2.34. The summed E-state index contributed by atoms with van der Waals surface area (Å²) in [6.07, 6.45) is 0. The fraction of sp³-hybridized carbons (Fsp3) is 0.364. The van der Waals surface area contributed by atoms with Crippen molar-refractivity contribution >= 4 is 20.5 Å². The van der Waals surface area contributed by atoms with Crippen LogP contribution in [0.25, 0.3) is 22.5 Å². The fourth-order valence-electron chi connectivity index (χ4n) is 3.78. The number of aromatic nitrogens is 3. The molecule has 0 atom stereocenters. The number of rotatable bonds is 3. The number of hydrogen-bond acceptors (Lipinski definition) is 3. The molecule has 0 spiro atoms. The maximum atomic E-state index is 4.60. The first-order chi connectivity index (χ1) is 13.3. The van der Waals surface area contributed by atoms with Crippen molar-refractivity contribution in [3.8, 4) is 22.5 Å². The van der Waals surface area contributed by atoms with E-state index in [9.17, 15) is 0 Å². The molecule has 0 saturated carbocycles. The molecule has 4 nitrogen and oxygen atoms in total. The van der Waals surface area contributed by atoms with Gasteiger partial charge in [0.1, 0.15) is 5.69 Å². The molecule has 0 unspecified atom stereocenters. The number of anilines is 1. The maximum Gasteiger partial charge on any atom is 0.285 e. The zero-order valence-corrected chi connectivity index (χ0v) is 17.3. The Labute approximate surface area is 169 Å². The van der Waals surface area contributed by atoms with Crippen LogP contribution in [0.1, 0.15) is 40.2 Å². The van der Waals surface area contributed by atoms with Crippen molar-refractivity contribution in [1.82, 2.24) is 14.9 Å². The summed E-state index contributed by atoms with van der Waals surface area (Å²) < 4.78 is 1.95. The molecule has 6 heteroatoms. The molecule has 28 heavy (non-hydrogen) atoms. The van der Waals surface area contributed by atoms with Crippen LogP contribution in [0, 0.1) is 0 Å². The summed E-state index contributed by atoms with van der Waals surface area (Å²) in [6, 6.07) is 17.1. The minimum absolute atomic E-state index is 0.0621. The first-order valence-electron chi connectivity index (χ1n) is 9.94. The molecule has 0 amide bonds. The van der Waals surface area contributed by atoms with Crippen LogP contribution in [0.15, 0.2) is 48.5 Å². The molecule has 0 bridgehead atoms. The van der Waals surface area contributed by atoms with E-state index in [1.807, 2.05) is 4.59 Å². The van der Waals surface area contributed by atoms with E-state index in [0.29, 0.717) is 5.82 Å². The van der Waals surface area contributed by atoms with Gasteiger partial charge in [-0.25, -0.2) is 0 Å². The van der Waals surface area contributed by atoms with Crippen molar-refractivity contribution in [3.05, 3.63) is 54.1 Å². The van der Waals surface area contributed by atoms with E-state index in [-0.39, 0.29) is 5.31 Å². The van der Waals surface area contributed by atoms with Gasteiger partial charge in [-0.3, -0.25) is 4.59 Å². The molecule has 2 radical (unpaired) electrons. The minimum atomic E-state index is 0.0621. The number of fused-ring (bicyclic) bond motifs is 5. The molecule has 2 heterocycles. The van der Waals surface area contributed by atoms with Crippen LogP contribution >= 0.6 is 0 Å². The smallest absolute Gasteiger partial charge is 0.285 e. The largest absolute Gasteiger partial charge is 0.414 e. The maximum absolute atomic E-state index is 4.60. The van der Waals surface area contributed by atoms with Crippen molar-refractivity contribution in [2.45, 2.75) is 52.3 Å². The fourth-order valence-corrected chi connectivity index (χ4v) is 3.78. The zero-order chi connectivity index (χ0) is 19.9. The van der Waals surface area contributed by atoms with Crippen molar-refractivity contribution in [3.63, 3.8) is 0 Å². The van der Waals surface area contributed by atoms with Crippen LogP contribution in [0.5, 0.6) is 0 Å². The Morgan fingerprint density at radius 1 is 0.964 bits per heavy atom. The molecular formula is C22H26B2N4. The normalized spacial score (nSPS) is 13.3. The summed E-state index contributed by atoms with van der Waals surface area (Å²) in [4.78, 5) is 2.38. The molecule has 0 fully saturated rings. The Hall–Kier alpha value is -2.49. The molecule has 0 aliphatic carbocycles. The highest BCUT2D eigenvalue weighted by Crippen LogP contribution is 2.41. The van der Waals surface area contributed by atoms with Crippen LogP contribution < -0.4 is 4.81 Å². The molecule has 1 aliphatic heterocycles. The molecule has 4 rings (SSSR count). The van der Waals surface area contributed by atoms with Crippen LogP contribution in [0.4, 0.5) is 5.69 Å². The average molecular weight is 368 g/mol. The van der Waals surface area contributed by atoms with E-state index in [1.54, 1.807) is 0 Å². The van der Waals surface area contributed by atoms with Gasteiger partial charge < -0.3 is 4.81 Å². The van der Waals surface area contributed by atoms with Gasteiger partial charge in [-0.15, -0.1) is 5.10 Å². The highest BCUT2D eigenvalue weighted by atomic mass is 15.4. The van der Waals surface area contributed by atoms with Crippen LogP contribution in [-0.2, 0) is 6.54 Å². The SMILES string of the molecule is CC(C)[B]n1nnc2c1-c1ccccc1N([B]C(C)(C)C)Cc1ccccc1-2. The van der Waals surface area contributed by atoms with E-state index in [0.717, 1.165) is 29.1 Å². The van der Waals surface area contributed by atoms with Gasteiger partial charge in [-0.2, -0.15) is 0 Å². The third kappa shape index (κ3) is 3.60. The van der Waals surface area contributed by atoms with Gasteiger partial charge in [0.05, 0.1) is 5.69 Å². The van der Waals surface area contributed by atoms with Crippen LogP contribution in [0.2, 0.25) is 11.1 Å². The van der Waals surface area contributed by atoms with E-state index < -0.39 is 0 Å². The third-order valence-corrected chi connectivity index (χ3v) is 4.76. The summed E-state index contributed by atoms with van der Waals surface area (Å²) in [5.41, 5.74) is 6.78. The van der Waals surface area contributed by atoms with Crippen molar-refractivity contribution in [2.24, 2.45) is 0 Å². The molecule has 0 saturated heterocycles.